The molecule has 0 radical (unpaired) electrons. The number of carbonyl (C=O) groups excluding carboxylic acids is 8. The lowest BCUT2D eigenvalue weighted by molar-refractivity contribution is -0.172. The maximum atomic E-state index is 14.8. The molecule has 1 fully saturated rings. The molecule has 0 saturated carbocycles. The highest BCUT2D eigenvalue weighted by atomic mass is 19.1. The van der Waals surface area contributed by atoms with Crippen LogP contribution in [0.4, 0.5) is 4.39 Å². The van der Waals surface area contributed by atoms with Gasteiger partial charge in [0.15, 0.2) is 5.60 Å². The fourth-order valence-electron chi connectivity index (χ4n) is 7.94. The van der Waals surface area contributed by atoms with Gasteiger partial charge < -0.3 is 45.7 Å². The molecule has 2 aromatic heterocycles. The molecule has 0 spiro atoms. The zero-order valence-corrected chi connectivity index (χ0v) is 36.8. The highest BCUT2D eigenvalue weighted by molar-refractivity contribution is 6.02. The molecule has 6 N–H and O–H groups in total. The number of halogens is 1. The second-order valence-electron chi connectivity index (χ2n) is 16.4. The first kappa shape index (κ1) is 47.9. The third kappa shape index (κ3) is 10.4. The molecule has 20 nitrogen and oxygen atoms in total. The van der Waals surface area contributed by atoms with Crippen LogP contribution >= 0.6 is 0 Å². The predicted molar refractivity (Wildman–Crippen MR) is 227 cm³/mol. The fourth-order valence-corrected chi connectivity index (χ4v) is 7.94. The number of likely N-dealkylation sites (tertiary alicyclic amines) is 1. The zero-order chi connectivity index (χ0) is 47.3. The van der Waals surface area contributed by atoms with Crippen molar-refractivity contribution in [2.75, 3.05) is 19.9 Å². The van der Waals surface area contributed by atoms with Gasteiger partial charge in [0, 0.05) is 54.9 Å². The van der Waals surface area contributed by atoms with E-state index in [2.05, 4.69) is 26.6 Å². The molecule has 7 amide bonds. The number of hydrogen-bond donors (Lipinski definition) is 6. The van der Waals surface area contributed by atoms with Gasteiger partial charge >= 0.3 is 5.97 Å². The summed E-state index contributed by atoms with van der Waals surface area (Å²) in [6.07, 6.45) is 2.19. The number of benzene rings is 1. The summed E-state index contributed by atoms with van der Waals surface area (Å²) in [5.74, 6) is -4.67. The Bertz CT molecular complexity index is 2510. The summed E-state index contributed by atoms with van der Waals surface area (Å²) in [5.41, 5.74) is 0.0799. The molecule has 1 aromatic carbocycles. The third-order valence-corrected chi connectivity index (χ3v) is 11.8. The van der Waals surface area contributed by atoms with Gasteiger partial charge in [-0.25, -0.2) is 14.2 Å². The lowest BCUT2D eigenvalue weighted by Gasteiger charge is -2.31. The average molecular weight is 905 g/mol. The predicted octanol–water partition coefficient (Wildman–Crippen LogP) is 0.457. The van der Waals surface area contributed by atoms with Gasteiger partial charge in [0.25, 0.3) is 5.56 Å². The van der Waals surface area contributed by atoms with E-state index in [9.17, 15) is 52.6 Å². The number of nitrogens with one attached hydrogen (secondary N) is 5. The quantitative estimate of drug-likeness (QED) is 0.0324. The largest absolute Gasteiger partial charge is 0.458 e. The van der Waals surface area contributed by atoms with Crippen LogP contribution in [0.15, 0.2) is 23.0 Å². The summed E-state index contributed by atoms with van der Waals surface area (Å²) in [6, 6.07) is 1.28. The van der Waals surface area contributed by atoms with E-state index in [1.807, 2.05) is 0 Å². The van der Waals surface area contributed by atoms with Gasteiger partial charge in [0.1, 0.15) is 43.9 Å². The van der Waals surface area contributed by atoms with Crippen molar-refractivity contribution in [3.05, 3.63) is 62.2 Å². The highest BCUT2D eigenvalue weighted by Gasteiger charge is 2.45. The first-order chi connectivity index (χ1) is 30.8. The Balaban J connectivity index is 0.951. The fraction of sp³-hybridized carbons (Fsp3) is 0.500. The second-order valence-corrected chi connectivity index (χ2v) is 16.4. The van der Waals surface area contributed by atoms with Crippen LogP contribution in [0.25, 0.3) is 22.3 Å². The number of aryl methyl sites for hydroxylation is 1. The van der Waals surface area contributed by atoms with E-state index in [4.69, 9.17) is 14.5 Å². The molecule has 0 aliphatic carbocycles. The SMILES string of the molecule is CCC1(O)C(=O)OCc2c1cc1n(c2=O)Cc2c-1nc1cc(F)c(C)cc1c2CNC(=O)COCNC(=O)[C@H](C)NC(=O)C(C)NC(=O)[C@H](C)NC(=O)CCCCCN1C(=O)CCC1=O. The highest BCUT2D eigenvalue weighted by Crippen LogP contribution is 2.40. The van der Waals surface area contributed by atoms with Gasteiger partial charge in [-0.15, -0.1) is 0 Å². The summed E-state index contributed by atoms with van der Waals surface area (Å²) >= 11 is 0. The van der Waals surface area contributed by atoms with E-state index < -0.39 is 78.0 Å². The third-order valence-electron chi connectivity index (χ3n) is 11.8. The summed E-state index contributed by atoms with van der Waals surface area (Å²) in [6.45, 7) is 6.51. The van der Waals surface area contributed by atoms with Gasteiger partial charge in [-0.2, -0.15) is 0 Å². The molecule has 5 heterocycles. The molecule has 4 atom stereocenters. The number of esters is 1. The summed E-state index contributed by atoms with van der Waals surface area (Å²) < 4.78 is 26.8. The molecular weight excluding hydrogens is 852 g/mol. The van der Waals surface area contributed by atoms with Crippen molar-refractivity contribution in [3.8, 4) is 11.4 Å². The van der Waals surface area contributed by atoms with Crippen molar-refractivity contribution in [2.24, 2.45) is 0 Å². The Kier molecular flexibility index (Phi) is 14.8. The standard InChI is InChI=1S/C44H53FN8O12/c1-6-44(63)30-15-33-38-28(18-53(33)42(61)29(30)19-65-43(44)62)27(26-14-22(2)31(45)16-32(26)51-38)17-46-35(55)20-64-21-47-39(58)23(3)49-41(60)25(5)50-40(59)24(4)48-34(54)10-8-7-9-13-52-36(56)11-12-37(52)57/h14-16,23-25,63H,6-13,17-21H2,1-5H3,(H,46,55)(H,47,58)(H,48,54)(H,49,60)(H,50,59)/t23-,24-,25?,44?/m0/s1. The number of aromatic nitrogens is 2. The first-order valence-electron chi connectivity index (χ1n) is 21.5. The van der Waals surface area contributed by atoms with Crippen molar-refractivity contribution in [1.82, 2.24) is 41.0 Å². The van der Waals surface area contributed by atoms with Crippen LogP contribution in [-0.2, 0) is 73.1 Å². The van der Waals surface area contributed by atoms with Gasteiger partial charge in [-0.1, -0.05) is 13.3 Å². The minimum absolute atomic E-state index is 0.0399. The molecule has 3 aliphatic rings. The van der Waals surface area contributed by atoms with Gasteiger partial charge in [-0.3, -0.25) is 43.3 Å². The van der Waals surface area contributed by atoms with E-state index in [-0.39, 0.29) is 79.7 Å². The number of carbonyl (C=O) groups is 8. The monoisotopic (exact) mass is 904 g/mol. The maximum absolute atomic E-state index is 14.8. The van der Waals surface area contributed by atoms with Crippen LogP contribution in [0.5, 0.6) is 0 Å². The lowest BCUT2D eigenvalue weighted by Crippen LogP contribution is -2.54. The van der Waals surface area contributed by atoms with Crippen LogP contribution < -0.4 is 32.1 Å². The van der Waals surface area contributed by atoms with Crippen LogP contribution in [0, 0.1) is 12.7 Å². The number of fused-ring (bicyclic) bond motifs is 5. The minimum Gasteiger partial charge on any atom is -0.458 e. The molecule has 3 aromatic rings. The minimum atomic E-state index is -2.04. The zero-order valence-electron chi connectivity index (χ0n) is 36.8. The summed E-state index contributed by atoms with van der Waals surface area (Å²) in [4.78, 5) is 119. The first-order valence-corrected chi connectivity index (χ1v) is 21.5. The molecule has 21 heteroatoms. The molecule has 0 bridgehead atoms. The van der Waals surface area contributed by atoms with E-state index in [1.165, 1.54) is 42.4 Å². The molecule has 65 heavy (non-hydrogen) atoms. The Hall–Kier alpha value is -6.61. The summed E-state index contributed by atoms with van der Waals surface area (Å²) in [5, 5.41) is 24.5. The number of rotatable bonds is 19. The van der Waals surface area contributed by atoms with Crippen molar-refractivity contribution >= 4 is 58.2 Å². The van der Waals surface area contributed by atoms with Gasteiger partial charge in [0.05, 0.1) is 29.0 Å². The normalized spacial score (nSPS) is 17.6. The van der Waals surface area contributed by atoms with E-state index in [1.54, 1.807) is 19.9 Å². The Morgan fingerprint density at radius 2 is 1.54 bits per heavy atom. The van der Waals surface area contributed by atoms with Crippen molar-refractivity contribution < 1.29 is 57.3 Å². The Labute approximate surface area is 372 Å². The average Bonchev–Trinajstić information content (AvgIpc) is 3.80. The van der Waals surface area contributed by atoms with Gasteiger partial charge in [-0.05, 0) is 70.2 Å². The van der Waals surface area contributed by atoms with Gasteiger partial charge in [0.2, 0.25) is 41.4 Å². The number of imide groups is 1. The van der Waals surface area contributed by atoms with E-state index in [0.717, 1.165) is 0 Å². The number of cyclic esters (lactones) is 1. The Morgan fingerprint density at radius 3 is 2.22 bits per heavy atom. The molecule has 6 rings (SSSR count). The molecule has 1 saturated heterocycles. The molecule has 3 aliphatic heterocycles. The molecule has 348 valence electrons. The van der Waals surface area contributed by atoms with Crippen LogP contribution in [0.2, 0.25) is 0 Å². The van der Waals surface area contributed by atoms with Crippen molar-refractivity contribution in [3.63, 3.8) is 0 Å². The van der Waals surface area contributed by atoms with Crippen LogP contribution in [0.3, 0.4) is 0 Å². The van der Waals surface area contributed by atoms with E-state index >= 15 is 0 Å². The lowest BCUT2D eigenvalue weighted by atomic mass is 9.86. The molecule has 2 unspecified atom stereocenters. The number of hydrogen-bond acceptors (Lipinski definition) is 13. The number of nitrogens with zero attached hydrogens (tertiary/aromatic N) is 3. The topological polar surface area (TPSA) is 274 Å². The maximum Gasteiger partial charge on any atom is 0.343 e. The summed E-state index contributed by atoms with van der Waals surface area (Å²) in [7, 11) is 0. The Morgan fingerprint density at radius 1 is 0.877 bits per heavy atom. The number of ether oxygens (including phenoxy) is 2. The molecular formula is C44H53FN8O12. The van der Waals surface area contributed by atoms with Crippen LogP contribution in [-0.4, -0.2) is 105 Å². The smallest absolute Gasteiger partial charge is 0.343 e. The number of amides is 7. The van der Waals surface area contributed by atoms with Crippen molar-refractivity contribution in [1.29, 1.82) is 0 Å². The van der Waals surface area contributed by atoms with E-state index in [0.29, 0.717) is 59.3 Å². The van der Waals surface area contributed by atoms with Crippen LogP contribution in [0.1, 0.15) is 100 Å². The number of unbranched alkanes of at least 4 members (excludes halogenated alkanes) is 2. The number of aliphatic hydroxyl groups is 1. The second kappa shape index (κ2) is 20.1. The van der Waals surface area contributed by atoms with Crippen molar-refractivity contribution in [2.45, 2.75) is 123 Å². The number of pyridine rings is 2.